The van der Waals surface area contributed by atoms with Gasteiger partial charge in [0.25, 0.3) is 0 Å². The Morgan fingerprint density at radius 2 is 1.92 bits per heavy atom. The Balaban J connectivity index is 4.80. The van der Waals surface area contributed by atoms with Crippen LogP contribution >= 0.6 is 0 Å². The van der Waals surface area contributed by atoms with E-state index in [1.54, 1.807) is 0 Å². The maximum atomic E-state index is 12.2. The van der Waals surface area contributed by atoms with E-state index >= 15 is 0 Å². The number of esters is 1. The van der Waals surface area contributed by atoms with Crippen molar-refractivity contribution in [3.05, 3.63) is 0 Å². The molecule has 0 amide bonds. The van der Waals surface area contributed by atoms with Crippen molar-refractivity contribution in [3.63, 3.8) is 0 Å². The van der Waals surface area contributed by atoms with Crippen LogP contribution in [0.3, 0.4) is 0 Å². The molecule has 0 bridgehead atoms. The first-order valence-corrected chi connectivity index (χ1v) is 3.15. The lowest BCUT2D eigenvalue weighted by Gasteiger charge is -2.27. The number of alkyl halides is 3. The molecule has 2 N–H and O–H groups in total. The number of ether oxygens (including phenoxy) is 1. The Hall–Kier alpha value is -0.780. The van der Waals surface area contributed by atoms with Gasteiger partial charge in [0.15, 0.2) is 5.41 Å². The summed E-state index contributed by atoms with van der Waals surface area (Å²) in [6.45, 7) is -0.109. The van der Waals surface area contributed by atoms with Crippen molar-refractivity contribution in [3.8, 4) is 0 Å². The van der Waals surface area contributed by atoms with E-state index in [1.165, 1.54) is 0 Å². The second-order valence-corrected chi connectivity index (χ2v) is 2.53. The van der Waals surface area contributed by atoms with Crippen molar-refractivity contribution in [1.82, 2.24) is 0 Å². The van der Waals surface area contributed by atoms with Crippen molar-refractivity contribution in [2.45, 2.75) is 13.1 Å². The lowest BCUT2D eigenvalue weighted by atomic mass is 9.90. The highest BCUT2D eigenvalue weighted by Crippen LogP contribution is 2.37. The van der Waals surface area contributed by atoms with E-state index in [4.69, 9.17) is 5.73 Å². The predicted octanol–water partition coefficient (Wildman–Crippen LogP) is 0.687. The van der Waals surface area contributed by atoms with Crippen LogP contribution in [0, 0.1) is 5.41 Å². The summed E-state index contributed by atoms with van der Waals surface area (Å²) in [7, 11) is 0.891. The molecule has 0 rings (SSSR count). The van der Waals surface area contributed by atoms with Crippen molar-refractivity contribution in [2.75, 3.05) is 13.7 Å². The monoisotopic (exact) mass is 185 g/mol. The van der Waals surface area contributed by atoms with Gasteiger partial charge in [0.2, 0.25) is 0 Å². The first-order chi connectivity index (χ1) is 5.29. The Morgan fingerprint density at radius 3 is 2.00 bits per heavy atom. The summed E-state index contributed by atoms with van der Waals surface area (Å²) in [5, 5.41) is 0. The van der Waals surface area contributed by atoms with Gasteiger partial charge >= 0.3 is 12.1 Å². The lowest BCUT2D eigenvalue weighted by molar-refractivity contribution is -0.225. The summed E-state index contributed by atoms with van der Waals surface area (Å²) in [6.07, 6.45) is -4.67. The van der Waals surface area contributed by atoms with E-state index < -0.39 is 24.1 Å². The van der Waals surface area contributed by atoms with Crippen LogP contribution in [0.15, 0.2) is 0 Å². The fraction of sp³-hybridized carbons (Fsp3) is 0.833. The highest BCUT2D eigenvalue weighted by Gasteiger charge is 2.56. The largest absolute Gasteiger partial charge is 0.468 e. The molecule has 1 atom stereocenters. The van der Waals surface area contributed by atoms with Crippen LogP contribution in [0.5, 0.6) is 0 Å². The van der Waals surface area contributed by atoms with E-state index in [-0.39, 0.29) is 0 Å². The number of nitrogens with two attached hydrogens (primary N) is 1. The highest BCUT2D eigenvalue weighted by molar-refractivity contribution is 5.77. The zero-order chi connectivity index (χ0) is 9.99. The standard InChI is InChI=1S/C6H10F3NO2/c1-5(3-10,4(11)12-2)6(7,8)9/h3,10H2,1-2H3. The van der Waals surface area contributed by atoms with Crippen LogP contribution < -0.4 is 5.73 Å². The SMILES string of the molecule is COC(=O)C(C)(CN)C(F)(F)F. The molecular formula is C6H10F3NO2. The summed E-state index contributed by atoms with van der Waals surface area (Å²) in [4.78, 5) is 10.7. The molecule has 0 heterocycles. The molecule has 0 spiro atoms. The molecule has 0 aliphatic carbocycles. The molecule has 0 aromatic heterocycles. The zero-order valence-corrected chi connectivity index (χ0v) is 6.73. The number of rotatable bonds is 2. The lowest BCUT2D eigenvalue weighted by Crippen LogP contribution is -2.48. The summed E-state index contributed by atoms with van der Waals surface area (Å²) in [5.74, 6) is -1.36. The molecule has 0 radical (unpaired) electrons. The van der Waals surface area contributed by atoms with E-state index in [0.29, 0.717) is 6.92 Å². The quantitative estimate of drug-likeness (QED) is 0.644. The molecule has 12 heavy (non-hydrogen) atoms. The molecule has 0 aliphatic rings. The van der Waals surface area contributed by atoms with Gasteiger partial charge in [0.05, 0.1) is 7.11 Å². The van der Waals surface area contributed by atoms with Gasteiger partial charge in [-0.25, -0.2) is 0 Å². The molecule has 0 aromatic carbocycles. The minimum atomic E-state index is -4.67. The average molecular weight is 185 g/mol. The number of halogens is 3. The van der Waals surface area contributed by atoms with Crippen molar-refractivity contribution < 1.29 is 22.7 Å². The van der Waals surface area contributed by atoms with Gasteiger partial charge in [0, 0.05) is 6.54 Å². The number of hydrogen-bond acceptors (Lipinski definition) is 3. The zero-order valence-electron chi connectivity index (χ0n) is 6.73. The summed E-state index contributed by atoms with van der Waals surface area (Å²) in [6, 6.07) is 0. The number of carbonyl (C=O) groups excluding carboxylic acids is 1. The Kier molecular flexibility index (Phi) is 3.09. The molecule has 1 unspecified atom stereocenters. The first kappa shape index (κ1) is 11.2. The normalized spacial score (nSPS) is 16.8. The van der Waals surface area contributed by atoms with Gasteiger partial charge in [-0.3, -0.25) is 4.79 Å². The van der Waals surface area contributed by atoms with E-state index in [9.17, 15) is 18.0 Å². The number of hydrogen-bond donors (Lipinski definition) is 1. The van der Waals surface area contributed by atoms with Gasteiger partial charge in [-0.05, 0) is 6.92 Å². The van der Waals surface area contributed by atoms with Crippen molar-refractivity contribution in [2.24, 2.45) is 11.1 Å². The number of carbonyl (C=O) groups is 1. The second kappa shape index (κ2) is 3.30. The third kappa shape index (κ3) is 1.69. The molecule has 6 heteroatoms. The molecule has 3 nitrogen and oxygen atoms in total. The summed E-state index contributed by atoms with van der Waals surface area (Å²) < 4.78 is 40.5. The van der Waals surface area contributed by atoms with Gasteiger partial charge in [-0.2, -0.15) is 13.2 Å². The van der Waals surface area contributed by atoms with Crippen molar-refractivity contribution in [1.29, 1.82) is 0 Å². The van der Waals surface area contributed by atoms with Crippen LogP contribution in [0.1, 0.15) is 6.92 Å². The number of methoxy groups -OCH3 is 1. The maximum Gasteiger partial charge on any atom is 0.405 e. The predicted molar refractivity (Wildman–Crippen MR) is 35.2 cm³/mol. The third-order valence-corrected chi connectivity index (χ3v) is 1.67. The third-order valence-electron chi connectivity index (χ3n) is 1.67. The molecule has 0 aromatic rings. The van der Waals surface area contributed by atoms with Gasteiger partial charge in [0.1, 0.15) is 0 Å². The Bertz CT molecular complexity index is 180. The Labute approximate surface area is 67.7 Å². The first-order valence-electron chi connectivity index (χ1n) is 3.15. The average Bonchev–Trinajstić information content (AvgIpc) is 1.99. The van der Waals surface area contributed by atoms with Crippen LogP contribution in [-0.4, -0.2) is 25.8 Å². The van der Waals surface area contributed by atoms with Gasteiger partial charge in [-0.1, -0.05) is 0 Å². The second-order valence-electron chi connectivity index (χ2n) is 2.53. The molecule has 0 aliphatic heterocycles. The smallest absolute Gasteiger partial charge is 0.405 e. The molecule has 0 saturated carbocycles. The molecule has 72 valence electrons. The Morgan fingerprint density at radius 1 is 1.50 bits per heavy atom. The molecular weight excluding hydrogens is 175 g/mol. The minimum absolute atomic E-state index is 0.707. The molecule has 0 fully saturated rings. The fourth-order valence-corrected chi connectivity index (χ4v) is 0.540. The van der Waals surface area contributed by atoms with E-state index in [0.717, 1.165) is 7.11 Å². The van der Waals surface area contributed by atoms with Crippen LogP contribution in [0.25, 0.3) is 0 Å². The van der Waals surface area contributed by atoms with Crippen molar-refractivity contribution >= 4 is 5.97 Å². The van der Waals surface area contributed by atoms with Crippen LogP contribution in [0.4, 0.5) is 13.2 Å². The molecule has 0 saturated heterocycles. The summed E-state index contributed by atoms with van der Waals surface area (Å²) in [5.41, 5.74) is 2.25. The van der Waals surface area contributed by atoms with Gasteiger partial charge in [-0.15, -0.1) is 0 Å². The highest BCUT2D eigenvalue weighted by atomic mass is 19.4. The fourth-order valence-electron chi connectivity index (χ4n) is 0.540. The topological polar surface area (TPSA) is 52.3 Å². The van der Waals surface area contributed by atoms with Crippen LogP contribution in [-0.2, 0) is 9.53 Å². The summed E-state index contributed by atoms with van der Waals surface area (Å²) >= 11 is 0. The minimum Gasteiger partial charge on any atom is -0.468 e. The van der Waals surface area contributed by atoms with Gasteiger partial charge < -0.3 is 10.5 Å². The van der Waals surface area contributed by atoms with E-state index in [2.05, 4.69) is 4.74 Å². The van der Waals surface area contributed by atoms with Crippen LogP contribution in [0.2, 0.25) is 0 Å². The van der Waals surface area contributed by atoms with E-state index in [1.807, 2.05) is 0 Å². The maximum absolute atomic E-state index is 12.2.